The van der Waals surface area contributed by atoms with Crippen molar-refractivity contribution in [1.82, 2.24) is 9.88 Å². The molecule has 1 aromatic heterocycles. The van der Waals surface area contributed by atoms with Gasteiger partial charge in [0.2, 0.25) is 0 Å². The fourth-order valence-corrected chi connectivity index (χ4v) is 4.00. The molecule has 0 aliphatic carbocycles. The predicted octanol–water partition coefficient (Wildman–Crippen LogP) is 6.46. The van der Waals surface area contributed by atoms with Crippen LogP contribution in [0.5, 0.6) is 11.5 Å². The van der Waals surface area contributed by atoms with Crippen molar-refractivity contribution in [3.63, 3.8) is 0 Å². The summed E-state index contributed by atoms with van der Waals surface area (Å²) in [5.74, 6) is -0.434. The van der Waals surface area contributed by atoms with Crippen LogP contribution in [0.2, 0.25) is 5.15 Å². The molecule has 0 saturated heterocycles. The third-order valence-electron chi connectivity index (χ3n) is 5.69. The average Bonchev–Trinajstić information content (AvgIpc) is 2.88. The Bertz CT molecular complexity index is 1400. The number of pyridine rings is 1. The highest BCUT2D eigenvalue weighted by Gasteiger charge is 2.19. The number of anilines is 1. The molecule has 9 heteroatoms. The molecule has 1 heterocycles. The minimum atomic E-state index is -0.867. The van der Waals surface area contributed by atoms with Gasteiger partial charge in [-0.1, -0.05) is 35.9 Å². The van der Waals surface area contributed by atoms with E-state index in [0.29, 0.717) is 29.5 Å². The summed E-state index contributed by atoms with van der Waals surface area (Å²) >= 11 is 6.44. The zero-order chi connectivity index (χ0) is 25.7. The van der Waals surface area contributed by atoms with Crippen LogP contribution in [0.4, 0.5) is 19.3 Å². The molecule has 0 fully saturated rings. The van der Waals surface area contributed by atoms with E-state index in [-0.39, 0.29) is 23.9 Å². The average molecular weight is 512 g/mol. The highest BCUT2D eigenvalue weighted by atomic mass is 35.5. The second-order valence-corrected chi connectivity index (χ2v) is 8.40. The van der Waals surface area contributed by atoms with Gasteiger partial charge in [-0.15, -0.1) is 0 Å². The van der Waals surface area contributed by atoms with Gasteiger partial charge in [0.25, 0.3) is 0 Å². The molecular weight excluding hydrogens is 488 g/mol. The molecule has 0 spiro atoms. The molecule has 4 rings (SSSR count). The molecule has 2 amide bonds. The Morgan fingerprint density at radius 3 is 2.53 bits per heavy atom. The highest BCUT2D eigenvalue weighted by Crippen LogP contribution is 2.28. The summed E-state index contributed by atoms with van der Waals surface area (Å²) in [6.07, 6.45) is 0.471. The van der Waals surface area contributed by atoms with E-state index < -0.39 is 17.7 Å². The van der Waals surface area contributed by atoms with Gasteiger partial charge in [0.15, 0.2) is 11.5 Å². The topological polar surface area (TPSA) is 63.7 Å². The third-order valence-corrected chi connectivity index (χ3v) is 6.02. The van der Waals surface area contributed by atoms with E-state index in [4.69, 9.17) is 21.1 Å². The number of ether oxygens (including phenoxy) is 2. The van der Waals surface area contributed by atoms with Crippen molar-refractivity contribution in [3.8, 4) is 11.5 Å². The first-order chi connectivity index (χ1) is 17.4. The Kier molecular flexibility index (Phi) is 7.85. The molecule has 36 heavy (non-hydrogen) atoms. The van der Waals surface area contributed by atoms with Crippen LogP contribution in [0.1, 0.15) is 11.1 Å². The fraction of sp³-hybridized carbons (Fsp3) is 0.185. The van der Waals surface area contributed by atoms with E-state index in [1.165, 1.54) is 11.0 Å². The molecular formula is C27H24ClF2N3O3. The monoisotopic (exact) mass is 511 g/mol. The maximum Gasteiger partial charge on any atom is 0.322 e. The maximum atomic E-state index is 14.2. The zero-order valence-electron chi connectivity index (χ0n) is 19.7. The number of rotatable bonds is 8. The molecule has 0 radical (unpaired) electrons. The second-order valence-electron chi connectivity index (χ2n) is 8.05. The summed E-state index contributed by atoms with van der Waals surface area (Å²) < 4.78 is 38.2. The van der Waals surface area contributed by atoms with E-state index in [1.807, 2.05) is 42.5 Å². The molecule has 186 valence electrons. The summed E-state index contributed by atoms with van der Waals surface area (Å²) in [6.45, 7) is 0.395. The smallest absolute Gasteiger partial charge is 0.322 e. The number of amides is 2. The number of carbonyl (C=O) groups excluding carboxylic acids is 1. The lowest BCUT2D eigenvalue weighted by atomic mass is 10.1. The van der Waals surface area contributed by atoms with E-state index in [0.717, 1.165) is 22.5 Å². The van der Waals surface area contributed by atoms with Gasteiger partial charge in [-0.3, -0.25) is 0 Å². The van der Waals surface area contributed by atoms with Crippen molar-refractivity contribution < 1.29 is 23.0 Å². The lowest BCUT2D eigenvalue weighted by Gasteiger charge is -2.24. The minimum absolute atomic E-state index is 0.124. The van der Waals surface area contributed by atoms with E-state index in [1.54, 1.807) is 20.3 Å². The normalized spacial score (nSPS) is 10.8. The quantitative estimate of drug-likeness (QED) is 0.276. The van der Waals surface area contributed by atoms with Gasteiger partial charge in [0, 0.05) is 23.6 Å². The fourth-order valence-electron chi connectivity index (χ4n) is 3.79. The summed E-state index contributed by atoms with van der Waals surface area (Å²) in [7, 11) is 3.10. The standard InChI is InChI=1S/C27H24ClF2N3O3/c1-35-24-10-7-17(13-25(24)36-2)11-12-33(27(34)32-23-9-8-20(29)15-21(23)30)16-19-14-18-5-3-4-6-22(18)31-26(19)28/h3-10,13-15H,11-12,16H2,1-2H3,(H,32,34). The number of nitrogens with zero attached hydrogens (tertiary/aromatic N) is 2. The number of urea groups is 1. The van der Waals surface area contributed by atoms with Crippen LogP contribution in [0, 0.1) is 11.6 Å². The van der Waals surface area contributed by atoms with Gasteiger partial charge < -0.3 is 19.7 Å². The van der Waals surface area contributed by atoms with Crippen molar-refractivity contribution in [3.05, 3.63) is 94.6 Å². The first kappa shape index (κ1) is 25.2. The third kappa shape index (κ3) is 5.83. The van der Waals surface area contributed by atoms with Crippen molar-refractivity contribution in [2.75, 3.05) is 26.1 Å². The van der Waals surface area contributed by atoms with Gasteiger partial charge in [0.1, 0.15) is 16.8 Å². The molecule has 0 aliphatic heterocycles. The molecule has 0 aliphatic rings. The van der Waals surface area contributed by atoms with Crippen LogP contribution in [0.25, 0.3) is 10.9 Å². The number of hydrogen-bond donors (Lipinski definition) is 1. The number of para-hydroxylation sites is 1. The van der Waals surface area contributed by atoms with Crippen molar-refractivity contribution >= 4 is 34.2 Å². The molecule has 1 N–H and O–H groups in total. The number of benzene rings is 3. The lowest BCUT2D eigenvalue weighted by molar-refractivity contribution is 0.209. The van der Waals surface area contributed by atoms with Gasteiger partial charge in [0.05, 0.1) is 32.0 Å². The molecule has 4 aromatic rings. The maximum absolute atomic E-state index is 14.2. The second kappa shape index (κ2) is 11.2. The van der Waals surface area contributed by atoms with E-state index in [9.17, 15) is 13.6 Å². The predicted molar refractivity (Wildman–Crippen MR) is 136 cm³/mol. The Balaban J connectivity index is 1.60. The summed E-state index contributed by atoms with van der Waals surface area (Å²) in [6, 6.07) is 17.3. The molecule has 0 unspecified atom stereocenters. The summed E-state index contributed by atoms with van der Waals surface area (Å²) in [4.78, 5) is 19.1. The van der Waals surface area contributed by atoms with Gasteiger partial charge in [-0.2, -0.15) is 0 Å². The summed E-state index contributed by atoms with van der Waals surface area (Å²) in [5.41, 5.74) is 2.15. The Hall–Kier alpha value is -3.91. The van der Waals surface area contributed by atoms with Gasteiger partial charge in [-0.05, 0) is 48.4 Å². The molecule has 0 atom stereocenters. The van der Waals surface area contributed by atoms with Crippen molar-refractivity contribution in [2.45, 2.75) is 13.0 Å². The van der Waals surface area contributed by atoms with E-state index >= 15 is 0 Å². The van der Waals surface area contributed by atoms with Crippen LogP contribution >= 0.6 is 11.6 Å². The highest BCUT2D eigenvalue weighted by molar-refractivity contribution is 6.30. The number of halogens is 3. The first-order valence-corrected chi connectivity index (χ1v) is 11.5. The molecule has 0 saturated carbocycles. The lowest BCUT2D eigenvalue weighted by Crippen LogP contribution is -2.36. The zero-order valence-corrected chi connectivity index (χ0v) is 20.5. The molecule has 0 bridgehead atoms. The SMILES string of the molecule is COc1ccc(CCN(Cc2cc3ccccc3nc2Cl)C(=O)Nc2ccc(F)cc2F)cc1OC. The largest absolute Gasteiger partial charge is 0.493 e. The Labute approximate surface area is 212 Å². The number of aromatic nitrogens is 1. The summed E-state index contributed by atoms with van der Waals surface area (Å²) in [5, 5.41) is 3.67. The van der Waals surface area contributed by atoms with Gasteiger partial charge in [-0.25, -0.2) is 18.6 Å². The van der Waals surface area contributed by atoms with Gasteiger partial charge >= 0.3 is 6.03 Å². The Morgan fingerprint density at radius 1 is 1.00 bits per heavy atom. The van der Waals surface area contributed by atoms with Crippen LogP contribution < -0.4 is 14.8 Å². The minimum Gasteiger partial charge on any atom is -0.493 e. The number of hydrogen-bond acceptors (Lipinski definition) is 4. The first-order valence-electron chi connectivity index (χ1n) is 11.1. The number of carbonyl (C=O) groups is 1. The van der Waals surface area contributed by atoms with Crippen LogP contribution in [0.3, 0.4) is 0 Å². The van der Waals surface area contributed by atoms with Crippen LogP contribution in [-0.4, -0.2) is 36.7 Å². The Morgan fingerprint density at radius 2 is 1.78 bits per heavy atom. The van der Waals surface area contributed by atoms with E-state index in [2.05, 4.69) is 10.3 Å². The molecule has 6 nitrogen and oxygen atoms in total. The number of fused-ring (bicyclic) bond motifs is 1. The van der Waals surface area contributed by atoms with Crippen molar-refractivity contribution in [1.29, 1.82) is 0 Å². The number of nitrogens with one attached hydrogen (secondary N) is 1. The van der Waals surface area contributed by atoms with Crippen LogP contribution in [-0.2, 0) is 13.0 Å². The van der Waals surface area contributed by atoms with Crippen molar-refractivity contribution in [2.24, 2.45) is 0 Å². The molecule has 3 aromatic carbocycles. The number of methoxy groups -OCH3 is 2. The van der Waals surface area contributed by atoms with Crippen LogP contribution in [0.15, 0.2) is 66.7 Å².